The molecule has 0 bridgehead atoms. The van der Waals surface area contributed by atoms with Gasteiger partial charge in [0.2, 0.25) is 0 Å². The monoisotopic (exact) mass is 273 g/mol. The summed E-state index contributed by atoms with van der Waals surface area (Å²) in [4.78, 5) is 2.63. The van der Waals surface area contributed by atoms with Gasteiger partial charge >= 0.3 is 0 Å². The lowest BCUT2D eigenvalue weighted by atomic mass is 9.81. The van der Waals surface area contributed by atoms with Gasteiger partial charge in [-0.15, -0.1) is 0 Å². The van der Waals surface area contributed by atoms with Gasteiger partial charge < -0.3 is 14.4 Å². The predicted molar refractivity (Wildman–Crippen MR) is 77.4 cm³/mol. The molecule has 3 nitrogen and oxygen atoms in total. The van der Waals surface area contributed by atoms with Crippen LogP contribution < -0.4 is 0 Å². The summed E-state index contributed by atoms with van der Waals surface area (Å²) in [6.07, 6.45) is 4.92. The van der Waals surface area contributed by atoms with Crippen LogP contribution in [0.25, 0.3) is 0 Å². The van der Waals surface area contributed by atoms with Crippen molar-refractivity contribution in [1.82, 2.24) is 4.90 Å². The Kier molecular flexibility index (Phi) is 5.80. The third-order valence-corrected chi connectivity index (χ3v) is 5.23. The first kappa shape index (κ1) is 14.6. The van der Waals surface area contributed by atoms with Crippen molar-refractivity contribution in [3.8, 4) is 0 Å². The molecule has 0 amide bonds. The molecule has 2 saturated heterocycles. The Morgan fingerprint density at radius 3 is 2.50 bits per heavy atom. The van der Waals surface area contributed by atoms with Gasteiger partial charge in [-0.1, -0.05) is 0 Å². The number of rotatable bonds is 5. The first-order valence-corrected chi connectivity index (χ1v) is 7.81. The molecule has 4 heteroatoms. The molecule has 0 aromatic rings. The maximum Gasteiger partial charge on any atom is 0.0491 e. The van der Waals surface area contributed by atoms with Crippen molar-refractivity contribution in [2.75, 3.05) is 52.3 Å². The molecule has 0 aliphatic carbocycles. The Balaban J connectivity index is 1.79. The van der Waals surface area contributed by atoms with Gasteiger partial charge in [0.15, 0.2) is 0 Å². The van der Waals surface area contributed by atoms with E-state index in [1.807, 2.05) is 7.11 Å². The Labute approximate surface area is 117 Å². The van der Waals surface area contributed by atoms with E-state index in [4.69, 9.17) is 9.47 Å². The van der Waals surface area contributed by atoms with Gasteiger partial charge in [-0.05, 0) is 55.9 Å². The van der Waals surface area contributed by atoms with Crippen LogP contribution in [0.1, 0.15) is 25.7 Å². The van der Waals surface area contributed by atoms with Crippen molar-refractivity contribution < 1.29 is 9.47 Å². The Morgan fingerprint density at radius 2 is 1.94 bits per heavy atom. The first-order valence-electron chi connectivity index (χ1n) is 7.18. The quantitative estimate of drug-likeness (QED) is 0.775. The molecule has 0 radical (unpaired) electrons. The highest BCUT2D eigenvalue weighted by Crippen LogP contribution is 2.33. The van der Waals surface area contributed by atoms with Crippen LogP contribution in [-0.2, 0) is 9.47 Å². The second-order valence-corrected chi connectivity index (χ2v) is 6.26. The number of likely N-dealkylation sites (tertiary alicyclic amines) is 1. The summed E-state index contributed by atoms with van der Waals surface area (Å²) in [5.41, 5.74) is 0.398. The summed E-state index contributed by atoms with van der Waals surface area (Å²) in [6, 6.07) is 0. The minimum absolute atomic E-state index is 0.398. The van der Waals surface area contributed by atoms with Gasteiger partial charge in [0.05, 0.1) is 0 Å². The lowest BCUT2D eigenvalue weighted by molar-refractivity contribution is -0.000714. The standard InChI is InChI=1S/C14H27NO2S/c1-16-10-13-2-6-15(7-3-13)11-14(12-18)4-8-17-9-5-14/h13,18H,2-12H2,1H3. The molecular formula is C14H27NO2S. The average molecular weight is 273 g/mol. The number of thiol groups is 1. The van der Waals surface area contributed by atoms with Crippen LogP contribution in [0, 0.1) is 11.3 Å². The second-order valence-electron chi connectivity index (χ2n) is 5.95. The number of methoxy groups -OCH3 is 1. The highest BCUT2D eigenvalue weighted by molar-refractivity contribution is 7.80. The molecule has 0 N–H and O–H groups in total. The summed E-state index contributed by atoms with van der Waals surface area (Å²) < 4.78 is 10.8. The van der Waals surface area contributed by atoms with Crippen LogP contribution in [0.5, 0.6) is 0 Å². The highest BCUT2D eigenvalue weighted by Gasteiger charge is 2.34. The van der Waals surface area contributed by atoms with Crippen molar-refractivity contribution in [2.24, 2.45) is 11.3 Å². The van der Waals surface area contributed by atoms with E-state index in [1.54, 1.807) is 0 Å². The molecule has 0 unspecified atom stereocenters. The van der Waals surface area contributed by atoms with Crippen molar-refractivity contribution >= 4 is 12.6 Å². The zero-order valence-electron chi connectivity index (χ0n) is 11.6. The van der Waals surface area contributed by atoms with Gasteiger partial charge in [-0.2, -0.15) is 12.6 Å². The van der Waals surface area contributed by atoms with Crippen LogP contribution in [0.4, 0.5) is 0 Å². The molecule has 2 fully saturated rings. The maximum atomic E-state index is 5.50. The third-order valence-electron chi connectivity index (χ3n) is 4.56. The summed E-state index contributed by atoms with van der Waals surface area (Å²) in [5.74, 6) is 1.77. The molecule has 0 atom stereocenters. The fourth-order valence-corrected chi connectivity index (χ4v) is 3.61. The van der Waals surface area contributed by atoms with E-state index in [9.17, 15) is 0 Å². The fraction of sp³-hybridized carbons (Fsp3) is 1.00. The number of nitrogens with zero attached hydrogens (tertiary/aromatic N) is 1. The SMILES string of the molecule is COCC1CCN(CC2(CS)CCOCC2)CC1. The zero-order valence-corrected chi connectivity index (χ0v) is 12.5. The molecule has 0 saturated carbocycles. The normalized spacial score (nSPS) is 26.3. The largest absolute Gasteiger partial charge is 0.384 e. The van der Waals surface area contributed by atoms with Gasteiger partial charge in [0, 0.05) is 33.5 Å². The number of hydrogen-bond donors (Lipinski definition) is 1. The van der Waals surface area contributed by atoms with E-state index in [-0.39, 0.29) is 0 Å². The molecule has 106 valence electrons. The van der Waals surface area contributed by atoms with Crippen molar-refractivity contribution in [2.45, 2.75) is 25.7 Å². The van der Waals surface area contributed by atoms with E-state index in [0.29, 0.717) is 5.41 Å². The predicted octanol–water partition coefficient (Wildman–Crippen LogP) is 2.07. The van der Waals surface area contributed by atoms with E-state index in [1.165, 1.54) is 45.3 Å². The maximum absolute atomic E-state index is 5.50. The highest BCUT2D eigenvalue weighted by atomic mass is 32.1. The van der Waals surface area contributed by atoms with Crippen molar-refractivity contribution in [3.05, 3.63) is 0 Å². The van der Waals surface area contributed by atoms with Crippen LogP contribution in [0.2, 0.25) is 0 Å². The van der Waals surface area contributed by atoms with Crippen LogP contribution in [-0.4, -0.2) is 57.2 Å². The van der Waals surface area contributed by atoms with Gasteiger partial charge in [-0.3, -0.25) is 0 Å². The van der Waals surface area contributed by atoms with Gasteiger partial charge in [-0.25, -0.2) is 0 Å². The molecule has 2 aliphatic heterocycles. The summed E-state index contributed by atoms with van der Waals surface area (Å²) in [5, 5.41) is 0. The van der Waals surface area contributed by atoms with E-state index in [2.05, 4.69) is 17.5 Å². The fourth-order valence-electron chi connectivity index (χ4n) is 3.19. The Morgan fingerprint density at radius 1 is 1.28 bits per heavy atom. The molecule has 2 aliphatic rings. The summed E-state index contributed by atoms with van der Waals surface area (Å²) >= 11 is 4.60. The van der Waals surface area contributed by atoms with Gasteiger partial charge in [0.25, 0.3) is 0 Å². The Hall–Kier alpha value is 0.230. The second kappa shape index (κ2) is 7.13. The molecule has 0 aromatic heterocycles. The smallest absolute Gasteiger partial charge is 0.0491 e. The number of hydrogen-bond acceptors (Lipinski definition) is 4. The Bertz CT molecular complexity index is 236. The zero-order chi connectivity index (χ0) is 12.8. The number of ether oxygens (including phenoxy) is 2. The third kappa shape index (κ3) is 3.86. The minimum atomic E-state index is 0.398. The van der Waals surface area contributed by atoms with Crippen LogP contribution >= 0.6 is 12.6 Å². The molecule has 0 aromatic carbocycles. The number of piperidine rings is 1. The molecule has 18 heavy (non-hydrogen) atoms. The molecular weight excluding hydrogens is 246 g/mol. The molecule has 2 rings (SSSR count). The van der Waals surface area contributed by atoms with E-state index in [0.717, 1.165) is 31.5 Å². The van der Waals surface area contributed by atoms with Gasteiger partial charge in [0.1, 0.15) is 0 Å². The average Bonchev–Trinajstić information content (AvgIpc) is 2.42. The van der Waals surface area contributed by atoms with Crippen LogP contribution in [0.15, 0.2) is 0 Å². The lowest BCUT2D eigenvalue weighted by Gasteiger charge is -2.42. The summed E-state index contributed by atoms with van der Waals surface area (Å²) in [6.45, 7) is 6.43. The lowest BCUT2D eigenvalue weighted by Crippen LogP contribution is -2.46. The molecule has 2 heterocycles. The van der Waals surface area contributed by atoms with Crippen molar-refractivity contribution in [1.29, 1.82) is 0 Å². The minimum Gasteiger partial charge on any atom is -0.384 e. The topological polar surface area (TPSA) is 21.7 Å². The van der Waals surface area contributed by atoms with Crippen LogP contribution in [0.3, 0.4) is 0 Å². The van der Waals surface area contributed by atoms with E-state index >= 15 is 0 Å². The first-order chi connectivity index (χ1) is 8.78. The van der Waals surface area contributed by atoms with E-state index < -0.39 is 0 Å². The molecule has 0 spiro atoms. The summed E-state index contributed by atoms with van der Waals surface area (Å²) in [7, 11) is 1.81. The van der Waals surface area contributed by atoms with Crippen molar-refractivity contribution in [3.63, 3.8) is 0 Å².